The fourth-order valence-electron chi connectivity index (χ4n) is 2.49. The van der Waals surface area contributed by atoms with E-state index in [2.05, 4.69) is 37.9 Å². The zero-order chi connectivity index (χ0) is 14.0. The molecule has 3 heteroatoms. The van der Waals surface area contributed by atoms with E-state index in [1.165, 1.54) is 5.56 Å². The Labute approximate surface area is 116 Å². The molecule has 0 saturated carbocycles. The molecule has 1 atom stereocenters. The predicted molar refractivity (Wildman–Crippen MR) is 79.3 cm³/mol. The highest BCUT2D eigenvalue weighted by Crippen LogP contribution is 2.30. The van der Waals surface area contributed by atoms with Gasteiger partial charge in [0.15, 0.2) is 0 Å². The molecule has 1 unspecified atom stereocenters. The van der Waals surface area contributed by atoms with Gasteiger partial charge in [0.2, 0.25) is 0 Å². The van der Waals surface area contributed by atoms with Gasteiger partial charge in [0.25, 0.3) is 0 Å². The predicted octanol–water partition coefficient (Wildman–Crippen LogP) is 3.35. The summed E-state index contributed by atoms with van der Waals surface area (Å²) in [5, 5.41) is 3.60. The Morgan fingerprint density at radius 1 is 1.42 bits per heavy atom. The molecule has 19 heavy (non-hydrogen) atoms. The van der Waals surface area contributed by atoms with Gasteiger partial charge in [0, 0.05) is 30.4 Å². The summed E-state index contributed by atoms with van der Waals surface area (Å²) in [4.78, 5) is 2.32. The SMILES string of the molecule is CCC(C)(C)NCC(C)N1CCc2ccc(F)cc21. The van der Waals surface area contributed by atoms with E-state index in [0.29, 0.717) is 6.04 Å². The van der Waals surface area contributed by atoms with Gasteiger partial charge in [-0.05, 0) is 51.3 Å². The van der Waals surface area contributed by atoms with Gasteiger partial charge in [-0.3, -0.25) is 0 Å². The van der Waals surface area contributed by atoms with Crippen molar-refractivity contribution < 1.29 is 4.39 Å². The van der Waals surface area contributed by atoms with Crippen molar-refractivity contribution in [1.82, 2.24) is 5.32 Å². The second-order valence-corrected chi connectivity index (χ2v) is 6.18. The van der Waals surface area contributed by atoms with Crippen LogP contribution in [-0.2, 0) is 6.42 Å². The van der Waals surface area contributed by atoms with Crippen LogP contribution >= 0.6 is 0 Å². The topological polar surface area (TPSA) is 15.3 Å². The minimum atomic E-state index is -0.139. The second-order valence-electron chi connectivity index (χ2n) is 6.18. The summed E-state index contributed by atoms with van der Waals surface area (Å²) in [6.07, 6.45) is 2.13. The first-order valence-electron chi connectivity index (χ1n) is 7.23. The number of anilines is 1. The summed E-state index contributed by atoms with van der Waals surface area (Å²) in [6, 6.07) is 5.53. The van der Waals surface area contributed by atoms with Crippen LogP contribution in [0.15, 0.2) is 18.2 Å². The number of fused-ring (bicyclic) bond motifs is 1. The lowest BCUT2D eigenvalue weighted by Crippen LogP contribution is -2.47. The van der Waals surface area contributed by atoms with Crippen LogP contribution in [0.5, 0.6) is 0 Å². The molecule has 2 rings (SSSR count). The van der Waals surface area contributed by atoms with E-state index in [1.54, 1.807) is 12.1 Å². The highest BCUT2D eigenvalue weighted by atomic mass is 19.1. The van der Waals surface area contributed by atoms with Gasteiger partial charge in [0.1, 0.15) is 5.82 Å². The van der Waals surface area contributed by atoms with E-state index >= 15 is 0 Å². The summed E-state index contributed by atoms with van der Waals surface area (Å²) in [5.74, 6) is -0.139. The Morgan fingerprint density at radius 3 is 2.84 bits per heavy atom. The molecule has 1 N–H and O–H groups in total. The zero-order valence-corrected chi connectivity index (χ0v) is 12.5. The molecule has 1 aromatic rings. The molecular weight excluding hydrogens is 239 g/mol. The van der Waals surface area contributed by atoms with E-state index in [9.17, 15) is 4.39 Å². The third-order valence-corrected chi connectivity index (χ3v) is 4.27. The fourth-order valence-corrected chi connectivity index (χ4v) is 2.49. The number of hydrogen-bond acceptors (Lipinski definition) is 2. The molecule has 0 bridgehead atoms. The molecular formula is C16H25FN2. The van der Waals surface area contributed by atoms with Crippen LogP contribution in [-0.4, -0.2) is 24.7 Å². The molecule has 0 radical (unpaired) electrons. The largest absolute Gasteiger partial charge is 0.367 e. The molecule has 0 fully saturated rings. The Bertz CT molecular complexity index is 442. The summed E-state index contributed by atoms with van der Waals surface area (Å²) in [6.45, 7) is 10.8. The molecule has 1 heterocycles. The average Bonchev–Trinajstić information content (AvgIpc) is 2.79. The van der Waals surface area contributed by atoms with Crippen molar-refractivity contribution in [3.05, 3.63) is 29.6 Å². The Hall–Kier alpha value is -1.09. The van der Waals surface area contributed by atoms with Crippen molar-refractivity contribution in [2.45, 2.75) is 52.1 Å². The minimum absolute atomic E-state index is 0.139. The van der Waals surface area contributed by atoms with Crippen LogP contribution in [0, 0.1) is 5.82 Å². The summed E-state index contributed by atoms with van der Waals surface area (Å²) in [7, 11) is 0. The van der Waals surface area contributed by atoms with Crippen molar-refractivity contribution in [3.63, 3.8) is 0 Å². The number of halogens is 1. The Morgan fingerprint density at radius 2 is 2.16 bits per heavy atom. The molecule has 0 aliphatic carbocycles. The summed E-state index contributed by atoms with van der Waals surface area (Å²) < 4.78 is 13.4. The molecule has 2 nitrogen and oxygen atoms in total. The van der Waals surface area contributed by atoms with Crippen LogP contribution in [0.4, 0.5) is 10.1 Å². The molecule has 1 aromatic carbocycles. The monoisotopic (exact) mass is 264 g/mol. The highest BCUT2D eigenvalue weighted by molar-refractivity contribution is 5.58. The van der Waals surface area contributed by atoms with Gasteiger partial charge >= 0.3 is 0 Å². The van der Waals surface area contributed by atoms with Gasteiger partial charge in [-0.15, -0.1) is 0 Å². The molecule has 1 aliphatic heterocycles. The van der Waals surface area contributed by atoms with E-state index < -0.39 is 0 Å². The van der Waals surface area contributed by atoms with Crippen molar-refractivity contribution >= 4 is 5.69 Å². The van der Waals surface area contributed by atoms with Crippen LogP contribution in [0.2, 0.25) is 0 Å². The Kier molecular flexibility index (Phi) is 4.14. The smallest absolute Gasteiger partial charge is 0.125 e. The Balaban J connectivity index is 2.03. The van der Waals surface area contributed by atoms with Gasteiger partial charge in [0.05, 0.1) is 0 Å². The van der Waals surface area contributed by atoms with Crippen molar-refractivity contribution in [3.8, 4) is 0 Å². The number of nitrogens with one attached hydrogen (secondary N) is 1. The van der Waals surface area contributed by atoms with Crippen molar-refractivity contribution in [2.24, 2.45) is 0 Å². The lowest BCUT2D eigenvalue weighted by atomic mass is 10.0. The molecule has 0 aromatic heterocycles. The average molecular weight is 264 g/mol. The molecule has 1 aliphatic rings. The maximum atomic E-state index is 13.4. The van der Waals surface area contributed by atoms with Crippen molar-refractivity contribution in [1.29, 1.82) is 0 Å². The quantitative estimate of drug-likeness (QED) is 0.877. The highest BCUT2D eigenvalue weighted by Gasteiger charge is 2.25. The summed E-state index contributed by atoms with van der Waals surface area (Å²) in [5.41, 5.74) is 2.50. The van der Waals surface area contributed by atoms with Gasteiger partial charge in [-0.2, -0.15) is 0 Å². The molecule has 0 spiro atoms. The first-order valence-corrected chi connectivity index (χ1v) is 7.23. The molecule has 0 amide bonds. The number of nitrogens with zero attached hydrogens (tertiary/aromatic N) is 1. The van der Waals surface area contributed by atoms with Gasteiger partial charge in [-0.25, -0.2) is 4.39 Å². The van der Waals surface area contributed by atoms with Crippen LogP contribution in [0.3, 0.4) is 0 Å². The number of rotatable bonds is 5. The lowest BCUT2D eigenvalue weighted by molar-refractivity contribution is 0.363. The third-order valence-electron chi connectivity index (χ3n) is 4.27. The van der Waals surface area contributed by atoms with Gasteiger partial charge in [-0.1, -0.05) is 13.0 Å². The van der Waals surface area contributed by atoms with E-state index in [0.717, 1.165) is 31.6 Å². The maximum absolute atomic E-state index is 13.4. The zero-order valence-electron chi connectivity index (χ0n) is 12.5. The molecule has 106 valence electrons. The number of hydrogen-bond donors (Lipinski definition) is 1. The standard InChI is InChI=1S/C16H25FN2/c1-5-16(3,4)18-11-12(2)19-9-8-13-6-7-14(17)10-15(13)19/h6-7,10,12,18H,5,8-9,11H2,1-4H3. The second kappa shape index (κ2) is 5.49. The maximum Gasteiger partial charge on any atom is 0.125 e. The van der Waals surface area contributed by atoms with Crippen LogP contribution in [0.25, 0.3) is 0 Å². The third kappa shape index (κ3) is 3.27. The minimum Gasteiger partial charge on any atom is -0.367 e. The van der Waals surface area contributed by atoms with Crippen LogP contribution < -0.4 is 10.2 Å². The van der Waals surface area contributed by atoms with Crippen molar-refractivity contribution in [2.75, 3.05) is 18.0 Å². The summed E-state index contributed by atoms with van der Waals surface area (Å²) >= 11 is 0. The van der Waals surface area contributed by atoms with Crippen LogP contribution in [0.1, 0.15) is 39.7 Å². The van der Waals surface area contributed by atoms with E-state index in [4.69, 9.17) is 0 Å². The van der Waals surface area contributed by atoms with E-state index in [1.807, 2.05) is 6.07 Å². The normalized spacial score (nSPS) is 16.6. The lowest BCUT2D eigenvalue weighted by Gasteiger charge is -2.32. The van der Waals surface area contributed by atoms with E-state index in [-0.39, 0.29) is 11.4 Å². The first-order chi connectivity index (χ1) is 8.93. The number of benzene rings is 1. The molecule has 0 saturated heterocycles. The van der Waals surface area contributed by atoms with Gasteiger partial charge < -0.3 is 10.2 Å². The first kappa shape index (κ1) is 14.3. The fraction of sp³-hybridized carbons (Fsp3) is 0.625.